The zero-order valence-corrected chi connectivity index (χ0v) is 14.6. The third-order valence-electron chi connectivity index (χ3n) is 4.40. The van der Waals surface area contributed by atoms with Crippen molar-refractivity contribution in [3.05, 3.63) is 34.9 Å². The first kappa shape index (κ1) is 18.4. The molecule has 132 valence electrons. The van der Waals surface area contributed by atoms with Crippen molar-refractivity contribution >= 4 is 11.8 Å². The van der Waals surface area contributed by atoms with Crippen LogP contribution < -0.4 is 0 Å². The van der Waals surface area contributed by atoms with Gasteiger partial charge in [-0.2, -0.15) is 0 Å². The Hall–Kier alpha value is -1.98. The highest BCUT2D eigenvalue weighted by Gasteiger charge is 2.39. The SMILES string of the molecule is CCN1CC(=O)N(Cc2c(F)ccc(C)c2F)[C@@H](CC(C)C)C1=O. The van der Waals surface area contributed by atoms with Crippen LogP contribution in [0.5, 0.6) is 0 Å². The fourth-order valence-corrected chi connectivity index (χ4v) is 3.02. The number of halogens is 2. The average Bonchev–Trinajstić information content (AvgIpc) is 2.52. The van der Waals surface area contributed by atoms with Gasteiger partial charge in [0.25, 0.3) is 0 Å². The van der Waals surface area contributed by atoms with Gasteiger partial charge in [-0.05, 0) is 37.8 Å². The number of hydrogen-bond acceptors (Lipinski definition) is 2. The Bertz CT molecular complexity index is 646. The lowest BCUT2D eigenvalue weighted by Gasteiger charge is -2.40. The number of aryl methyl sites for hydroxylation is 1. The van der Waals surface area contributed by atoms with Crippen molar-refractivity contribution in [3.63, 3.8) is 0 Å². The predicted molar refractivity (Wildman–Crippen MR) is 87.1 cm³/mol. The third kappa shape index (κ3) is 3.57. The van der Waals surface area contributed by atoms with E-state index >= 15 is 0 Å². The second-order valence-electron chi connectivity index (χ2n) is 6.68. The average molecular weight is 338 g/mol. The van der Waals surface area contributed by atoms with Gasteiger partial charge in [-0.3, -0.25) is 9.59 Å². The first-order valence-electron chi connectivity index (χ1n) is 8.28. The normalized spacial score (nSPS) is 18.7. The lowest BCUT2D eigenvalue weighted by atomic mass is 9.97. The molecule has 1 heterocycles. The summed E-state index contributed by atoms with van der Waals surface area (Å²) in [7, 11) is 0. The summed E-state index contributed by atoms with van der Waals surface area (Å²) in [6.07, 6.45) is 0.468. The highest BCUT2D eigenvalue weighted by molar-refractivity contribution is 5.94. The minimum absolute atomic E-state index is 0.0427. The minimum atomic E-state index is -0.695. The van der Waals surface area contributed by atoms with E-state index in [9.17, 15) is 18.4 Å². The van der Waals surface area contributed by atoms with Crippen molar-refractivity contribution < 1.29 is 18.4 Å². The summed E-state index contributed by atoms with van der Waals surface area (Å²) < 4.78 is 28.4. The molecule has 0 aromatic heterocycles. The van der Waals surface area contributed by atoms with Crippen LogP contribution in [-0.2, 0) is 16.1 Å². The van der Waals surface area contributed by atoms with Crippen LogP contribution in [0.25, 0.3) is 0 Å². The first-order chi connectivity index (χ1) is 11.3. The quantitative estimate of drug-likeness (QED) is 0.828. The number of hydrogen-bond donors (Lipinski definition) is 0. The van der Waals surface area contributed by atoms with Crippen LogP contribution in [0.2, 0.25) is 0 Å². The number of benzene rings is 1. The van der Waals surface area contributed by atoms with Gasteiger partial charge in [0.15, 0.2) is 0 Å². The monoisotopic (exact) mass is 338 g/mol. The zero-order chi connectivity index (χ0) is 18.0. The molecule has 0 unspecified atom stereocenters. The molecule has 2 rings (SSSR count). The molecule has 24 heavy (non-hydrogen) atoms. The summed E-state index contributed by atoms with van der Waals surface area (Å²) in [5.41, 5.74) is 0.160. The van der Waals surface area contributed by atoms with Gasteiger partial charge < -0.3 is 9.80 Å². The van der Waals surface area contributed by atoms with E-state index in [4.69, 9.17) is 0 Å². The first-order valence-corrected chi connectivity index (χ1v) is 8.28. The van der Waals surface area contributed by atoms with Crippen LogP contribution in [0.1, 0.15) is 38.3 Å². The number of amides is 2. The smallest absolute Gasteiger partial charge is 0.245 e. The van der Waals surface area contributed by atoms with Crippen LogP contribution in [0.4, 0.5) is 8.78 Å². The van der Waals surface area contributed by atoms with Crippen LogP contribution in [0.3, 0.4) is 0 Å². The molecular weight excluding hydrogens is 314 g/mol. The second kappa shape index (κ2) is 7.28. The summed E-state index contributed by atoms with van der Waals surface area (Å²) in [5, 5.41) is 0. The van der Waals surface area contributed by atoms with E-state index in [0.717, 1.165) is 0 Å². The standard InChI is InChI=1S/C18H24F2N2O2/c1-5-21-10-16(23)22(15(18(21)24)8-11(2)3)9-13-14(19)7-6-12(4)17(13)20/h6-7,11,15H,5,8-10H2,1-4H3/t15-/m0/s1. The van der Waals surface area contributed by atoms with Crippen LogP contribution >= 0.6 is 0 Å². The van der Waals surface area contributed by atoms with Crippen molar-refractivity contribution in [1.82, 2.24) is 9.80 Å². The Balaban J connectivity index is 2.37. The number of rotatable bonds is 5. The van der Waals surface area contributed by atoms with Crippen molar-refractivity contribution in [2.45, 2.75) is 46.7 Å². The fourth-order valence-electron chi connectivity index (χ4n) is 3.02. The maximum absolute atomic E-state index is 14.3. The molecule has 4 nitrogen and oxygen atoms in total. The lowest BCUT2D eigenvalue weighted by Crippen LogP contribution is -2.59. The van der Waals surface area contributed by atoms with Crippen LogP contribution in [0.15, 0.2) is 12.1 Å². The molecule has 0 spiro atoms. The summed E-state index contributed by atoms with van der Waals surface area (Å²) in [5.74, 6) is -1.60. The molecule has 0 N–H and O–H groups in total. The molecule has 1 fully saturated rings. The summed E-state index contributed by atoms with van der Waals surface area (Å²) in [4.78, 5) is 27.9. The van der Waals surface area contributed by atoms with Crippen molar-refractivity contribution in [3.8, 4) is 0 Å². The Labute approximate surface area is 141 Å². The molecule has 0 bridgehead atoms. The Morgan fingerprint density at radius 1 is 1.25 bits per heavy atom. The molecule has 1 aromatic carbocycles. The summed E-state index contributed by atoms with van der Waals surface area (Å²) >= 11 is 0. The molecular formula is C18H24F2N2O2. The Morgan fingerprint density at radius 2 is 1.92 bits per heavy atom. The minimum Gasteiger partial charge on any atom is -0.332 e. The molecule has 1 atom stereocenters. The Morgan fingerprint density at radius 3 is 2.50 bits per heavy atom. The molecule has 0 saturated carbocycles. The van der Waals surface area contributed by atoms with Gasteiger partial charge in [0, 0.05) is 12.1 Å². The van der Waals surface area contributed by atoms with Crippen molar-refractivity contribution in [1.29, 1.82) is 0 Å². The highest BCUT2D eigenvalue weighted by atomic mass is 19.1. The molecule has 0 radical (unpaired) electrons. The molecule has 1 saturated heterocycles. The van der Waals surface area contributed by atoms with Gasteiger partial charge in [-0.15, -0.1) is 0 Å². The van der Waals surface area contributed by atoms with E-state index in [1.807, 2.05) is 20.8 Å². The van der Waals surface area contributed by atoms with Gasteiger partial charge in [-0.1, -0.05) is 19.9 Å². The van der Waals surface area contributed by atoms with Gasteiger partial charge in [0.2, 0.25) is 11.8 Å². The molecule has 1 aliphatic heterocycles. The third-order valence-corrected chi connectivity index (χ3v) is 4.40. The fraction of sp³-hybridized carbons (Fsp3) is 0.556. The van der Waals surface area contributed by atoms with Crippen LogP contribution in [0, 0.1) is 24.5 Å². The van der Waals surface area contributed by atoms with E-state index in [0.29, 0.717) is 18.5 Å². The largest absolute Gasteiger partial charge is 0.332 e. The van der Waals surface area contributed by atoms with E-state index < -0.39 is 17.7 Å². The molecule has 0 aliphatic carbocycles. The summed E-state index contributed by atoms with van der Waals surface area (Å²) in [6, 6.07) is 1.88. The molecule has 2 amide bonds. The van der Waals surface area contributed by atoms with Gasteiger partial charge in [-0.25, -0.2) is 8.78 Å². The lowest BCUT2D eigenvalue weighted by molar-refractivity contribution is -0.157. The van der Waals surface area contributed by atoms with Gasteiger partial charge >= 0.3 is 0 Å². The molecule has 1 aromatic rings. The molecule has 1 aliphatic rings. The topological polar surface area (TPSA) is 40.6 Å². The van der Waals surface area contributed by atoms with Gasteiger partial charge in [0.05, 0.1) is 13.1 Å². The highest BCUT2D eigenvalue weighted by Crippen LogP contribution is 2.25. The van der Waals surface area contributed by atoms with Crippen molar-refractivity contribution in [2.75, 3.05) is 13.1 Å². The zero-order valence-electron chi connectivity index (χ0n) is 14.6. The number of carbonyl (C=O) groups is 2. The number of carbonyl (C=O) groups excluding carboxylic acids is 2. The maximum Gasteiger partial charge on any atom is 0.245 e. The van der Waals surface area contributed by atoms with Gasteiger partial charge in [0.1, 0.15) is 17.7 Å². The van der Waals surface area contributed by atoms with E-state index in [1.54, 1.807) is 6.92 Å². The second-order valence-corrected chi connectivity index (χ2v) is 6.68. The maximum atomic E-state index is 14.3. The molecule has 6 heteroatoms. The van der Waals surface area contributed by atoms with E-state index in [-0.39, 0.29) is 36.4 Å². The van der Waals surface area contributed by atoms with E-state index in [2.05, 4.69) is 0 Å². The Kier molecular flexibility index (Phi) is 5.57. The number of likely N-dealkylation sites (N-methyl/N-ethyl adjacent to an activating group) is 1. The van der Waals surface area contributed by atoms with E-state index in [1.165, 1.54) is 21.9 Å². The van der Waals surface area contributed by atoms with Crippen molar-refractivity contribution in [2.24, 2.45) is 5.92 Å². The summed E-state index contributed by atoms with van der Waals surface area (Å²) in [6.45, 7) is 7.44. The predicted octanol–water partition coefficient (Wildman–Crippen LogP) is 2.88. The number of nitrogens with zero attached hydrogens (tertiary/aromatic N) is 2. The van der Waals surface area contributed by atoms with Crippen LogP contribution in [-0.4, -0.2) is 40.7 Å². The number of piperazine rings is 1.